The van der Waals surface area contributed by atoms with Crippen LogP contribution >= 0.6 is 7.82 Å². The fourth-order valence-corrected chi connectivity index (χ4v) is 6.87. The SMILES string of the molecule is CCCCCC/C=C\CCCC(=O)NC(COP(=O)(O)OCC[N+](C)(C)C)C(O)/C=C/CC/C=C/CC/C=C/CCCCCCCCCCCCCCCC. The van der Waals surface area contributed by atoms with Crippen LogP contribution in [0.15, 0.2) is 48.6 Å². The number of aliphatic hydroxyl groups is 1. The Morgan fingerprint density at radius 2 is 1.00 bits per heavy atom. The van der Waals surface area contributed by atoms with Gasteiger partial charge in [-0.05, 0) is 64.2 Å². The lowest BCUT2D eigenvalue weighted by molar-refractivity contribution is -0.870. The lowest BCUT2D eigenvalue weighted by Gasteiger charge is -2.25. The number of phosphoric acid groups is 1. The molecule has 3 N–H and O–H groups in total. The van der Waals surface area contributed by atoms with Crippen molar-refractivity contribution in [3.05, 3.63) is 48.6 Å². The molecule has 0 aliphatic rings. The van der Waals surface area contributed by atoms with Gasteiger partial charge in [-0.15, -0.1) is 0 Å². The second-order valence-electron chi connectivity index (χ2n) is 16.4. The summed E-state index contributed by atoms with van der Waals surface area (Å²) in [6, 6.07) is -0.882. The second-order valence-corrected chi connectivity index (χ2v) is 17.9. The fourth-order valence-electron chi connectivity index (χ4n) is 6.13. The van der Waals surface area contributed by atoms with E-state index in [4.69, 9.17) is 9.05 Å². The van der Waals surface area contributed by atoms with Gasteiger partial charge in [0, 0.05) is 6.42 Å². The van der Waals surface area contributed by atoms with Crippen LogP contribution in [0.2, 0.25) is 0 Å². The molecule has 8 nitrogen and oxygen atoms in total. The van der Waals surface area contributed by atoms with Crippen molar-refractivity contribution in [1.29, 1.82) is 0 Å². The second kappa shape index (κ2) is 38.0. The van der Waals surface area contributed by atoms with Crippen LogP contribution in [0.5, 0.6) is 0 Å². The van der Waals surface area contributed by atoms with E-state index in [0.29, 0.717) is 23.9 Å². The van der Waals surface area contributed by atoms with E-state index >= 15 is 0 Å². The Morgan fingerprint density at radius 1 is 0.600 bits per heavy atom. The maximum absolute atomic E-state index is 12.8. The highest BCUT2D eigenvalue weighted by molar-refractivity contribution is 7.47. The molecule has 3 atom stereocenters. The Kier molecular flexibility index (Phi) is 36.9. The van der Waals surface area contributed by atoms with Gasteiger partial charge >= 0.3 is 7.82 Å². The first kappa shape index (κ1) is 53.5. The molecule has 0 aromatic carbocycles. The molecule has 0 aliphatic carbocycles. The molecule has 0 heterocycles. The molecule has 0 spiro atoms. The van der Waals surface area contributed by atoms with Crippen molar-refractivity contribution < 1.29 is 32.9 Å². The summed E-state index contributed by atoms with van der Waals surface area (Å²) in [6.45, 7) is 4.71. The number of allylic oxidation sites excluding steroid dienone is 7. The summed E-state index contributed by atoms with van der Waals surface area (Å²) < 4.78 is 23.4. The number of hydrogen-bond acceptors (Lipinski definition) is 5. The minimum Gasteiger partial charge on any atom is -0.387 e. The molecule has 3 unspecified atom stereocenters. The van der Waals surface area contributed by atoms with Gasteiger partial charge in [0.1, 0.15) is 13.2 Å². The number of quaternary nitrogens is 1. The van der Waals surface area contributed by atoms with Crippen molar-refractivity contribution in [2.24, 2.45) is 0 Å². The molecular formula is C46H88N2O6P+. The number of likely N-dealkylation sites (N-methyl/N-ethyl adjacent to an activating group) is 1. The minimum absolute atomic E-state index is 0.0478. The van der Waals surface area contributed by atoms with E-state index in [1.54, 1.807) is 6.08 Å². The first-order valence-electron chi connectivity index (χ1n) is 22.5. The Balaban J connectivity index is 4.37. The average molecular weight is 796 g/mol. The number of nitrogens with one attached hydrogen (secondary N) is 1. The van der Waals surface area contributed by atoms with Crippen molar-refractivity contribution in [2.45, 2.75) is 199 Å². The molecular weight excluding hydrogens is 707 g/mol. The van der Waals surface area contributed by atoms with Crippen molar-refractivity contribution >= 4 is 13.7 Å². The van der Waals surface area contributed by atoms with Crippen LogP contribution < -0.4 is 5.32 Å². The van der Waals surface area contributed by atoms with Crippen LogP contribution in [0.25, 0.3) is 0 Å². The zero-order valence-electron chi connectivity index (χ0n) is 36.4. The maximum atomic E-state index is 12.8. The Bertz CT molecular complexity index is 1040. The van der Waals surface area contributed by atoms with E-state index in [9.17, 15) is 19.4 Å². The Morgan fingerprint density at radius 3 is 1.47 bits per heavy atom. The van der Waals surface area contributed by atoms with Crippen molar-refractivity contribution in [2.75, 3.05) is 40.9 Å². The number of aliphatic hydroxyl groups excluding tert-OH is 1. The van der Waals surface area contributed by atoms with Gasteiger partial charge in [0.15, 0.2) is 0 Å². The van der Waals surface area contributed by atoms with Gasteiger partial charge in [0.2, 0.25) is 5.91 Å². The lowest BCUT2D eigenvalue weighted by Crippen LogP contribution is -2.45. The largest absolute Gasteiger partial charge is 0.472 e. The van der Waals surface area contributed by atoms with Gasteiger partial charge < -0.3 is 19.8 Å². The fraction of sp³-hybridized carbons (Fsp3) is 0.804. The van der Waals surface area contributed by atoms with Crippen LogP contribution in [-0.2, 0) is 18.4 Å². The van der Waals surface area contributed by atoms with Crippen LogP contribution in [0.3, 0.4) is 0 Å². The number of unbranched alkanes of at least 4 members (excludes halogenated alkanes) is 21. The highest BCUT2D eigenvalue weighted by Crippen LogP contribution is 2.43. The van der Waals surface area contributed by atoms with Crippen LogP contribution in [0.4, 0.5) is 0 Å². The summed E-state index contributed by atoms with van der Waals surface area (Å²) in [5, 5.41) is 13.7. The van der Waals surface area contributed by atoms with E-state index in [-0.39, 0.29) is 19.1 Å². The van der Waals surface area contributed by atoms with Crippen LogP contribution in [-0.4, -0.2) is 73.4 Å². The van der Waals surface area contributed by atoms with Gasteiger partial charge in [-0.2, -0.15) is 0 Å². The molecule has 0 aromatic rings. The van der Waals surface area contributed by atoms with Gasteiger partial charge in [0.05, 0.1) is 39.9 Å². The summed E-state index contributed by atoms with van der Waals surface area (Å²) in [5.74, 6) is -0.229. The number of carbonyl (C=O) groups is 1. The topological polar surface area (TPSA) is 105 Å². The molecule has 0 fully saturated rings. The van der Waals surface area contributed by atoms with E-state index in [1.807, 2.05) is 27.2 Å². The molecule has 322 valence electrons. The molecule has 9 heteroatoms. The first-order valence-corrected chi connectivity index (χ1v) is 24.0. The van der Waals surface area contributed by atoms with Crippen molar-refractivity contribution in [1.82, 2.24) is 5.32 Å². The number of amides is 1. The molecule has 0 saturated heterocycles. The third-order valence-electron chi connectivity index (χ3n) is 9.75. The molecule has 0 radical (unpaired) electrons. The number of hydrogen-bond donors (Lipinski definition) is 3. The monoisotopic (exact) mass is 796 g/mol. The van der Waals surface area contributed by atoms with E-state index in [1.165, 1.54) is 122 Å². The minimum atomic E-state index is -4.35. The molecule has 0 rings (SSSR count). The van der Waals surface area contributed by atoms with E-state index in [0.717, 1.165) is 38.5 Å². The summed E-state index contributed by atoms with van der Waals surface area (Å²) in [7, 11) is 1.52. The van der Waals surface area contributed by atoms with Gasteiger partial charge in [0.25, 0.3) is 0 Å². The molecule has 0 aromatic heterocycles. The van der Waals surface area contributed by atoms with Crippen molar-refractivity contribution in [3.63, 3.8) is 0 Å². The summed E-state index contributed by atoms with van der Waals surface area (Å²) >= 11 is 0. The number of nitrogens with zero attached hydrogens (tertiary/aromatic N) is 1. The van der Waals surface area contributed by atoms with Crippen LogP contribution in [0, 0.1) is 0 Å². The molecule has 55 heavy (non-hydrogen) atoms. The van der Waals surface area contributed by atoms with Gasteiger partial charge in [-0.3, -0.25) is 13.8 Å². The highest BCUT2D eigenvalue weighted by atomic mass is 31.2. The zero-order chi connectivity index (χ0) is 40.7. The predicted octanol–water partition coefficient (Wildman–Crippen LogP) is 12.5. The summed E-state index contributed by atoms with van der Waals surface area (Å²) in [4.78, 5) is 23.0. The quantitative estimate of drug-likeness (QED) is 0.0247. The standard InChI is InChI=1S/C46H87N2O6P/c1-6-8-10-12-14-16-17-18-19-20-21-22-23-24-25-26-27-28-29-30-32-33-35-37-39-45(49)44(43-54-55(51,52)53-42-41-48(3,4)5)47-46(50)40-38-36-34-31-15-13-11-9-7-2/h26-27,30-32,34,37,39,44-45,49H,6-25,28-29,33,35-36,38,40-43H2,1-5H3,(H-,47,50,51,52)/p+1/b27-26+,32-30+,34-31-,39-37+. The Labute approximate surface area is 339 Å². The normalized spacial score (nSPS) is 14.8. The maximum Gasteiger partial charge on any atom is 0.472 e. The smallest absolute Gasteiger partial charge is 0.387 e. The molecule has 0 saturated carbocycles. The van der Waals surface area contributed by atoms with Crippen LogP contribution in [0.1, 0.15) is 187 Å². The number of rotatable bonds is 40. The third kappa shape index (κ3) is 40.5. The predicted molar refractivity (Wildman–Crippen MR) is 235 cm³/mol. The molecule has 0 aliphatic heterocycles. The summed E-state index contributed by atoms with van der Waals surface area (Å²) in [6.07, 6.45) is 47.9. The highest BCUT2D eigenvalue weighted by Gasteiger charge is 2.27. The van der Waals surface area contributed by atoms with Gasteiger partial charge in [-0.25, -0.2) is 4.57 Å². The van der Waals surface area contributed by atoms with Crippen molar-refractivity contribution in [3.8, 4) is 0 Å². The Hall–Kier alpha value is -1.54. The lowest BCUT2D eigenvalue weighted by atomic mass is 10.0. The number of carbonyl (C=O) groups excluding carboxylic acids is 1. The molecule has 1 amide bonds. The number of phosphoric ester groups is 1. The average Bonchev–Trinajstić information content (AvgIpc) is 3.13. The summed E-state index contributed by atoms with van der Waals surface area (Å²) in [5.41, 5.74) is 0. The third-order valence-corrected chi connectivity index (χ3v) is 10.7. The van der Waals surface area contributed by atoms with E-state index < -0.39 is 20.0 Å². The van der Waals surface area contributed by atoms with Gasteiger partial charge in [-0.1, -0.05) is 165 Å². The first-order chi connectivity index (χ1) is 26.5. The van der Waals surface area contributed by atoms with E-state index in [2.05, 4.69) is 55.6 Å². The zero-order valence-corrected chi connectivity index (χ0v) is 37.3. The molecule has 0 bridgehead atoms.